The molecule has 0 atom stereocenters. The molecule has 26 heavy (non-hydrogen) atoms. The minimum absolute atomic E-state index is 0.278. The van der Waals surface area contributed by atoms with Crippen LogP contribution in [0.25, 0.3) is 23.2 Å². The van der Waals surface area contributed by atoms with Gasteiger partial charge >= 0.3 is 0 Å². The predicted octanol–water partition coefficient (Wildman–Crippen LogP) is 1.16. The second-order valence-corrected chi connectivity index (χ2v) is 8.38. The Hall–Kier alpha value is -2.52. The minimum Gasteiger partial charge on any atom is -0.273 e. The lowest BCUT2D eigenvalue weighted by Gasteiger charge is -2.12. The van der Waals surface area contributed by atoms with E-state index < -0.39 is 0 Å². The first kappa shape index (κ1) is 15.7. The van der Waals surface area contributed by atoms with Crippen molar-refractivity contribution in [3.63, 3.8) is 0 Å². The molecule has 0 saturated heterocycles. The Morgan fingerprint density at radius 2 is 2.08 bits per heavy atom. The number of carbonyl (C=O) groups is 2. The molecule has 130 valence electrons. The zero-order valence-electron chi connectivity index (χ0n) is 13.6. The number of aromatic amines is 1. The van der Waals surface area contributed by atoms with Gasteiger partial charge in [-0.25, -0.2) is 9.97 Å². The molecular weight excluding hydrogens is 370 g/mol. The van der Waals surface area contributed by atoms with Gasteiger partial charge in [-0.2, -0.15) is 5.10 Å². The van der Waals surface area contributed by atoms with E-state index in [1.165, 1.54) is 21.8 Å². The van der Waals surface area contributed by atoms with Crippen molar-refractivity contribution in [3.05, 3.63) is 33.4 Å². The van der Waals surface area contributed by atoms with Crippen LogP contribution in [0.3, 0.4) is 0 Å². The predicted molar refractivity (Wildman–Crippen MR) is 99.5 cm³/mol. The number of pyridine rings is 1. The van der Waals surface area contributed by atoms with Gasteiger partial charge in [0.1, 0.15) is 0 Å². The fourth-order valence-corrected chi connectivity index (χ4v) is 5.34. The summed E-state index contributed by atoms with van der Waals surface area (Å²) in [5.41, 5.74) is 1.26. The van der Waals surface area contributed by atoms with E-state index in [0.717, 1.165) is 22.5 Å². The molecule has 4 heterocycles. The van der Waals surface area contributed by atoms with E-state index in [1.807, 2.05) is 0 Å². The molecule has 1 aliphatic heterocycles. The summed E-state index contributed by atoms with van der Waals surface area (Å²) in [5, 5.41) is 8.28. The van der Waals surface area contributed by atoms with E-state index >= 15 is 0 Å². The fraction of sp³-hybridized carbons (Fsp3) is 0.235. The number of hydrogen-bond acceptors (Lipinski definition) is 7. The Morgan fingerprint density at radius 3 is 2.96 bits per heavy atom. The average Bonchev–Trinajstić information content (AvgIpc) is 3.33. The lowest BCUT2D eigenvalue weighted by atomic mass is 10.1. The van der Waals surface area contributed by atoms with Crippen LogP contribution in [0.1, 0.15) is 33.6 Å². The molecule has 0 aromatic carbocycles. The first-order valence-corrected chi connectivity index (χ1v) is 10.0. The summed E-state index contributed by atoms with van der Waals surface area (Å²) in [6, 6.07) is 0. The Balaban J connectivity index is 1.34. The van der Waals surface area contributed by atoms with Crippen molar-refractivity contribution >= 4 is 58.1 Å². The molecule has 1 N–H and O–H groups in total. The van der Waals surface area contributed by atoms with E-state index in [-0.39, 0.29) is 11.8 Å². The molecule has 2 aliphatic rings. The maximum atomic E-state index is 12.7. The Kier molecular flexibility index (Phi) is 3.64. The zero-order valence-corrected chi connectivity index (χ0v) is 15.2. The van der Waals surface area contributed by atoms with E-state index in [4.69, 9.17) is 0 Å². The molecule has 0 unspecified atom stereocenters. The average molecular weight is 383 g/mol. The number of nitrogens with one attached hydrogen (secondary N) is 1. The highest BCUT2D eigenvalue weighted by Gasteiger charge is 2.37. The largest absolute Gasteiger partial charge is 0.273 e. The number of amides is 2. The number of imide groups is 1. The van der Waals surface area contributed by atoms with Gasteiger partial charge in [-0.1, -0.05) is 23.9 Å². The summed E-state index contributed by atoms with van der Waals surface area (Å²) in [7, 11) is 0. The van der Waals surface area contributed by atoms with Crippen molar-refractivity contribution in [3.8, 4) is 0 Å². The van der Waals surface area contributed by atoms with Gasteiger partial charge in [-0.05, 0) is 12.8 Å². The maximum Gasteiger partial charge on any atom is 0.263 e. The van der Waals surface area contributed by atoms with E-state index in [0.29, 0.717) is 34.5 Å². The van der Waals surface area contributed by atoms with Crippen LogP contribution >= 0.6 is 23.1 Å². The van der Waals surface area contributed by atoms with Crippen LogP contribution in [0.4, 0.5) is 0 Å². The van der Waals surface area contributed by atoms with Gasteiger partial charge < -0.3 is 0 Å². The topological polar surface area (TPSA) is 91.8 Å². The molecule has 3 aromatic heterocycles. The van der Waals surface area contributed by atoms with E-state index in [2.05, 4.69) is 32.3 Å². The number of thioether (sulfide) groups is 1. The van der Waals surface area contributed by atoms with Gasteiger partial charge in [0.15, 0.2) is 9.99 Å². The number of thiazole rings is 1. The van der Waals surface area contributed by atoms with E-state index in [9.17, 15) is 9.59 Å². The lowest BCUT2D eigenvalue weighted by Crippen LogP contribution is -2.31. The number of rotatable bonds is 4. The molecular formula is C17H13N5O2S2. The van der Waals surface area contributed by atoms with Crippen LogP contribution in [0.5, 0.6) is 0 Å². The highest BCUT2D eigenvalue weighted by Crippen LogP contribution is 2.28. The summed E-state index contributed by atoms with van der Waals surface area (Å²) < 4.78 is 2.19. The van der Waals surface area contributed by atoms with Crippen molar-refractivity contribution < 1.29 is 9.59 Å². The molecule has 0 bridgehead atoms. The van der Waals surface area contributed by atoms with E-state index in [1.54, 1.807) is 23.1 Å². The number of nitrogens with zero attached hydrogens (tertiary/aromatic N) is 4. The van der Waals surface area contributed by atoms with Gasteiger partial charge in [-0.15, -0.1) is 11.3 Å². The van der Waals surface area contributed by atoms with Crippen LogP contribution < -0.4 is 9.88 Å². The summed E-state index contributed by atoms with van der Waals surface area (Å²) >= 11 is 3.24. The number of hydrogen-bond donors (Lipinski definition) is 1. The van der Waals surface area contributed by atoms with Gasteiger partial charge in [-0.3, -0.25) is 19.6 Å². The summed E-state index contributed by atoms with van der Waals surface area (Å²) in [5.74, 6) is 0.0422. The molecule has 0 fully saturated rings. The van der Waals surface area contributed by atoms with Gasteiger partial charge in [0.05, 0.1) is 32.6 Å². The fourth-order valence-electron chi connectivity index (χ4n) is 3.20. The quantitative estimate of drug-likeness (QED) is 0.537. The molecule has 0 spiro atoms. The van der Waals surface area contributed by atoms with Gasteiger partial charge in [0.25, 0.3) is 11.8 Å². The van der Waals surface area contributed by atoms with Crippen LogP contribution in [-0.4, -0.2) is 49.2 Å². The van der Waals surface area contributed by atoms with Crippen molar-refractivity contribution in [2.75, 3.05) is 12.3 Å². The SMILES string of the molecule is O=C1c2cnc3[nH]ncc3c2C(=O)N1CCSc1nc2c(s1)=CCCC=2. The van der Waals surface area contributed by atoms with Crippen molar-refractivity contribution in [2.45, 2.75) is 17.2 Å². The Morgan fingerprint density at radius 1 is 1.19 bits per heavy atom. The maximum absolute atomic E-state index is 12.7. The third kappa shape index (κ3) is 2.38. The standard InChI is InChI=1S/C17H13N5O2S2/c23-15-10-7-18-14-9(8-19-21-14)13(10)16(24)22(15)5-6-25-17-20-11-3-1-2-4-12(11)26-17/h3-4,7-8H,1-2,5-6H2,(H,18,19,21). The third-order valence-electron chi connectivity index (χ3n) is 4.45. The van der Waals surface area contributed by atoms with Crippen molar-refractivity contribution in [2.24, 2.45) is 0 Å². The number of fused-ring (bicyclic) bond motifs is 4. The first-order chi connectivity index (χ1) is 12.7. The molecule has 1 aliphatic carbocycles. The molecule has 0 saturated carbocycles. The molecule has 0 radical (unpaired) electrons. The number of H-pyrrole nitrogens is 1. The second-order valence-electron chi connectivity index (χ2n) is 6.00. The van der Waals surface area contributed by atoms with Gasteiger partial charge in [0.2, 0.25) is 0 Å². The second kappa shape index (κ2) is 6.03. The Labute approximate surface area is 155 Å². The summed E-state index contributed by atoms with van der Waals surface area (Å²) in [6.45, 7) is 0.341. The smallest absolute Gasteiger partial charge is 0.263 e. The van der Waals surface area contributed by atoms with Crippen LogP contribution in [-0.2, 0) is 0 Å². The highest BCUT2D eigenvalue weighted by atomic mass is 32.2. The number of carbonyl (C=O) groups excluding carboxylic acids is 2. The van der Waals surface area contributed by atoms with Crippen molar-refractivity contribution in [1.29, 1.82) is 0 Å². The highest BCUT2D eigenvalue weighted by molar-refractivity contribution is 8.01. The van der Waals surface area contributed by atoms with Crippen LogP contribution in [0.15, 0.2) is 16.7 Å². The molecule has 3 aromatic rings. The Bertz CT molecular complexity index is 1150. The molecule has 7 nitrogen and oxygen atoms in total. The molecule has 5 rings (SSSR count). The zero-order chi connectivity index (χ0) is 17.7. The molecule has 9 heteroatoms. The third-order valence-corrected chi connectivity index (χ3v) is 6.64. The molecule has 2 amide bonds. The number of aromatic nitrogens is 4. The normalized spacial score (nSPS) is 15.8. The lowest BCUT2D eigenvalue weighted by molar-refractivity contribution is 0.0665. The monoisotopic (exact) mass is 383 g/mol. The van der Waals surface area contributed by atoms with Crippen LogP contribution in [0.2, 0.25) is 0 Å². The summed E-state index contributed by atoms with van der Waals surface area (Å²) in [4.78, 5) is 35.4. The van der Waals surface area contributed by atoms with Gasteiger partial charge in [0, 0.05) is 18.5 Å². The minimum atomic E-state index is -0.290. The van der Waals surface area contributed by atoms with Crippen molar-refractivity contribution in [1.82, 2.24) is 25.1 Å². The first-order valence-electron chi connectivity index (χ1n) is 8.20. The summed E-state index contributed by atoms with van der Waals surface area (Å²) in [6.07, 6.45) is 9.45. The van der Waals surface area contributed by atoms with Crippen LogP contribution in [0, 0.1) is 0 Å².